The number of aryl methyl sites for hydroxylation is 1. The van der Waals surface area contributed by atoms with E-state index in [1.807, 2.05) is 38.1 Å². The highest BCUT2D eigenvalue weighted by Gasteiger charge is 2.38. The molecule has 40 heavy (non-hydrogen) atoms. The van der Waals surface area contributed by atoms with E-state index < -0.39 is 23.9 Å². The molecule has 8 nitrogen and oxygen atoms in total. The van der Waals surface area contributed by atoms with Crippen LogP contribution in [0.2, 0.25) is 0 Å². The highest BCUT2D eigenvalue weighted by Crippen LogP contribution is 2.27. The minimum atomic E-state index is -5.08. The van der Waals surface area contributed by atoms with Gasteiger partial charge in [0.05, 0.1) is 11.3 Å². The van der Waals surface area contributed by atoms with Gasteiger partial charge in [0.1, 0.15) is 18.2 Å². The van der Waals surface area contributed by atoms with Crippen LogP contribution in [-0.4, -0.2) is 56.3 Å². The summed E-state index contributed by atoms with van der Waals surface area (Å²) in [5, 5.41) is 16.1. The third kappa shape index (κ3) is 9.01. The Labute approximate surface area is 228 Å². The third-order valence-corrected chi connectivity index (χ3v) is 6.02. The van der Waals surface area contributed by atoms with Gasteiger partial charge >= 0.3 is 18.1 Å². The molecule has 1 unspecified atom stereocenters. The molecular weight excluding hydrogens is 534 g/mol. The van der Waals surface area contributed by atoms with Crippen LogP contribution in [0.15, 0.2) is 48.7 Å². The first-order valence-corrected chi connectivity index (χ1v) is 12.4. The topological polar surface area (TPSA) is 113 Å². The molecule has 0 bridgehead atoms. The predicted octanol–water partition coefficient (Wildman–Crippen LogP) is 5.27. The average Bonchev–Trinajstić information content (AvgIpc) is 2.86. The van der Waals surface area contributed by atoms with Crippen molar-refractivity contribution in [1.82, 2.24) is 14.9 Å². The predicted molar refractivity (Wildman–Crippen MR) is 137 cm³/mol. The summed E-state index contributed by atoms with van der Waals surface area (Å²) in [7, 11) is 0. The number of benzene rings is 2. The van der Waals surface area contributed by atoms with Gasteiger partial charge in [0.2, 0.25) is 0 Å². The van der Waals surface area contributed by atoms with Crippen LogP contribution < -0.4 is 4.74 Å². The van der Waals surface area contributed by atoms with E-state index >= 15 is 0 Å². The largest absolute Gasteiger partial charge is 0.490 e. The normalized spacial score (nSPS) is 13.9. The van der Waals surface area contributed by atoms with Crippen LogP contribution in [0, 0.1) is 18.7 Å². The third-order valence-electron chi connectivity index (χ3n) is 6.02. The number of aromatic nitrogens is 2. The minimum absolute atomic E-state index is 0.0741. The molecule has 0 radical (unpaired) electrons. The van der Waals surface area contributed by atoms with Crippen LogP contribution in [0.3, 0.4) is 0 Å². The number of alkyl halides is 3. The van der Waals surface area contributed by atoms with E-state index in [-0.39, 0.29) is 12.3 Å². The van der Waals surface area contributed by atoms with E-state index in [0.29, 0.717) is 36.8 Å². The van der Waals surface area contributed by atoms with E-state index in [0.717, 1.165) is 35.3 Å². The molecule has 0 aliphatic carbocycles. The highest BCUT2D eigenvalue weighted by atomic mass is 19.4. The van der Waals surface area contributed by atoms with Crippen molar-refractivity contribution in [3.8, 4) is 17.1 Å². The number of nitrogens with zero attached hydrogens (tertiary/aromatic N) is 3. The Morgan fingerprint density at radius 3 is 2.50 bits per heavy atom. The summed E-state index contributed by atoms with van der Waals surface area (Å²) in [5.74, 6) is -3.05. The maximum Gasteiger partial charge on any atom is 0.490 e. The highest BCUT2D eigenvalue weighted by molar-refractivity contribution is 5.73. The summed E-state index contributed by atoms with van der Waals surface area (Å²) >= 11 is 0. The van der Waals surface area contributed by atoms with E-state index in [9.17, 15) is 22.4 Å². The summed E-state index contributed by atoms with van der Waals surface area (Å²) in [6.45, 7) is 6.52. The number of ether oxygens (including phenoxy) is 1. The first kappa shape index (κ1) is 30.5. The first-order valence-electron chi connectivity index (χ1n) is 12.4. The molecule has 1 aliphatic heterocycles. The number of halogens is 4. The van der Waals surface area contributed by atoms with E-state index in [2.05, 4.69) is 14.9 Å². The maximum absolute atomic E-state index is 14.9. The molecule has 214 valence electrons. The summed E-state index contributed by atoms with van der Waals surface area (Å²) < 4.78 is 52.3. The molecule has 2 N–H and O–H groups in total. The number of carboxylic acid groups (broad SMARTS) is 2. The summed E-state index contributed by atoms with van der Waals surface area (Å²) in [6.07, 6.45) is -2.44. The molecular formula is C28H29F4N3O5. The molecule has 1 aliphatic rings. The zero-order chi connectivity index (χ0) is 29.4. The van der Waals surface area contributed by atoms with Crippen LogP contribution in [0.4, 0.5) is 17.6 Å². The monoisotopic (exact) mass is 563 g/mol. The lowest BCUT2D eigenvalue weighted by Crippen LogP contribution is -2.35. The summed E-state index contributed by atoms with van der Waals surface area (Å²) in [6, 6.07) is 12.8. The van der Waals surface area contributed by atoms with Gasteiger partial charge in [-0.2, -0.15) is 13.2 Å². The van der Waals surface area contributed by atoms with E-state index in [4.69, 9.17) is 19.7 Å². The van der Waals surface area contributed by atoms with Crippen molar-refractivity contribution in [2.45, 2.75) is 46.0 Å². The van der Waals surface area contributed by atoms with Gasteiger partial charge in [0, 0.05) is 50.3 Å². The number of hydrogen-bond donors (Lipinski definition) is 2. The van der Waals surface area contributed by atoms with Crippen LogP contribution in [0.25, 0.3) is 11.4 Å². The van der Waals surface area contributed by atoms with Gasteiger partial charge in [-0.05, 0) is 30.5 Å². The molecule has 2 aromatic carbocycles. The lowest BCUT2D eigenvalue weighted by atomic mass is 10.0. The van der Waals surface area contributed by atoms with E-state index in [1.54, 1.807) is 18.3 Å². The Morgan fingerprint density at radius 2 is 1.88 bits per heavy atom. The minimum Gasteiger partial charge on any atom is -0.489 e. The molecule has 0 saturated carbocycles. The number of rotatable bonds is 8. The van der Waals surface area contributed by atoms with Gasteiger partial charge in [0.15, 0.2) is 5.82 Å². The quantitative estimate of drug-likeness (QED) is 0.357. The number of carbonyl (C=O) groups is 2. The molecule has 2 heterocycles. The number of aliphatic carboxylic acids is 2. The van der Waals surface area contributed by atoms with Crippen molar-refractivity contribution in [3.05, 3.63) is 76.9 Å². The molecule has 0 amide bonds. The number of fused-ring (bicyclic) bond motifs is 1. The number of hydrogen-bond acceptors (Lipinski definition) is 6. The Hall–Kier alpha value is -4.06. The second kappa shape index (κ2) is 13.3. The van der Waals surface area contributed by atoms with Crippen LogP contribution in [-0.2, 0) is 29.2 Å². The lowest BCUT2D eigenvalue weighted by Gasteiger charge is -2.29. The van der Waals surface area contributed by atoms with Crippen molar-refractivity contribution in [2.24, 2.45) is 5.92 Å². The second-order valence-electron chi connectivity index (χ2n) is 9.58. The fraction of sp³-hybridized carbons (Fsp3) is 0.357. The van der Waals surface area contributed by atoms with Crippen molar-refractivity contribution < 1.29 is 42.1 Å². The van der Waals surface area contributed by atoms with Gasteiger partial charge < -0.3 is 14.9 Å². The second-order valence-corrected chi connectivity index (χ2v) is 9.58. The molecule has 1 atom stereocenters. The van der Waals surface area contributed by atoms with Crippen molar-refractivity contribution in [2.75, 3.05) is 13.1 Å². The van der Waals surface area contributed by atoms with Crippen molar-refractivity contribution in [1.29, 1.82) is 0 Å². The summed E-state index contributed by atoms with van der Waals surface area (Å²) in [5.41, 5.74) is 4.45. The molecule has 4 rings (SSSR count). The Kier molecular flexibility index (Phi) is 10.2. The Morgan fingerprint density at radius 1 is 1.15 bits per heavy atom. The maximum atomic E-state index is 14.9. The standard InChI is InChI=1S/C26H28FN3O3.C2HF3O2/c1-17-4-3-5-19(10-17)16-33-21-6-7-22(23(27)12-21)26-28-13-20-15-30(9-8-24(20)29-26)14-18(2)11-25(31)32;3-2(4,5)1(6)7/h3-7,10,12-13,18H,8-9,11,14-16H2,1-2H3,(H,31,32);(H,6,7). The average molecular weight is 564 g/mol. The molecule has 0 spiro atoms. The number of carboxylic acids is 2. The zero-order valence-corrected chi connectivity index (χ0v) is 21.9. The molecule has 0 fully saturated rings. The Bertz CT molecular complexity index is 1350. The smallest absolute Gasteiger partial charge is 0.489 e. The van der Waals surface area contributed by atoms with Crippen LogP contribution in [0.1, 0.15) is 35.7 Å². The Balaban J connectivity index is 0.000000559. The van der Waals surface area contributed by atoms with Gasteiger partial charge in [0.25, 0.3) is 0 Å². The van der Waals surface area contributed by atoms with Gasteiger partial charge in [-0.25, -0.2) is 19.2 Å². The van der Waals surface area contributed by atoms with Crippen molar-refractivity contribution in [3.63, 3.8) is 0 Å². The van der Waals surface area contributed by atoms with Gasteiger partial charge in [-0.15, -0.1) is 0 Å². The van der Waals surface area contributed by atoms with Crippen LogP contribution >= 0.6 is 0 Å². The van der Waals surface area contributed by atoms with Crippen LogP contribution in [0.5, 0.6) is 5.75 Å². The first-order chi connectivity index (χ1) is 18.8. The zero-order valence-electron chi connectivity index (χ0n) is 21.9. The SMILES string of the molecule is Cc1cccc(COc2ccc(-c3ncc4c(n3)CCN(CC(C)CC(=O)O)C4)c(F)c2)c1.O=C(O)C(F)(F)F. The fourth-order valence-corrected chi connectivity index (χ4v) is 4.20. The van der Waals surface area contributed by atoms with Gasteiger partial charge in [-0.3, -0.25) is 9.69 Å². The summed E-state index contributed by atoms with van der Waals surface area (Å²) in [4.78, 5) is 31.1. The molecule has 0 saturated heterocycles. The van der Waals surface area contributed by atoms with E-state index in [1.165, 1.54) is 6.07 Å². The molecule has 3 aromatic rings. The fourth-order valence-electron chi connectivity index (χ4n) is 4.20. The van der Waals surface area contributed by atoms with Gasteiger partial charge in [-0.1, -0.05) is 36.8 Å². The van der Waals surface area contributed by atoms with Crippen molar-refractivity contribution >= 4 is 11.9 Å². The lowest BCUT2D eigenvalue weighted by molar-refractivity contribution is -0.192. The molecule has 1 aromatic heterocycles. The molecule has 12 heteroatoms.